The minimum absolute atomic E-state index is 0.0405. The van der Waals surface area contributed by atoms with E-state index in [0.29, 0.717) is 11.4 Å². The molecule has 0 bridgehead atoms. The Labute approximate surface area is 160 Å². The summed E-state index contributed by atoms with van der Waals surface area (Å²) in [5.74, 6) is -2.36. The van der Waals surface area contributed by atoms with Crippen LogP contribution in [0.1, 0.15) is 27.2 Å². The number of Topliss-reactive ketones (excluding diaryl/α,β-unsaturated/α-hetero) is 1. The van der Waals surface area contributed by atoms with Crippen LogP contribution < -0.4 is 15.4 Å². The Hall–Kier alpha value is -2.94. The molecule has 3 rings (SSSR count). The average Bonchev–Trinajstić information content (AvgIpc) is 2.59. The molecule has 0 saturated carbocycles. The summed E-state index contributed by atoms with van der Waals surface area (Å²) < 4.78 is 5.42. The van der Waals surface area contributed by atoms with Crippen LogP contribution in [0.5, 0.6) is 5.75 Å². The van der Waals surface area contributed by atoms with Gasteiger partial charge >= 0.3 is 5.97 Å². The van der Waals surface area contributed by atoms with Crippen LogP contribution >= 0.6 is 11.6 Å². The molecule has 0 amide bonds. The number of fused-ring (bicyclic) bond motifs is 1. The number of carbonyl (C=O) groups excluding carboxylic acids is 1. The van der Waals surface area contributed by atoms with E-state index in [-0.39, 0.29) is 35.6 Å². The number of hydrogen-bond acceptors (Lipinski definition) is 8. The van der Waals surface area contributed by atoms with Crippen LogP contribution in [0.25, 0.3) is 0 Å². The van der Waals surface area contributed by atoms with Crippen molar-refractivity contribution >= 4 is 35.1 Å². The number of hydrogen-bond donors (Lipinski definition) is 2. The first-order valence-electron chi connectivity index (χ1n) is 8.08. The van der Waals surface area contributed by atoms with Crippen LogP contribution in [-0.2, 0) is 11.3 Å². The van der Waals surface area contributed by atoms with Crippen molar-refractivity contribution in [3.8, 4) is 5.75 Å². The number of pyridine rings is 1. The molecule has 9 nitrogen and oxygen atoms in total. The van der Waals surface area contributed by atoms with Crippen molar-refractivity contribution in [1.29, 1.82) is 0 Å². The lowest BCUT2D eigenvalue weighted by molar-refractivity contribution is -0.139. The second-order valence-corrected chi connectivity index (χ2v) is 6.61. The minimum Gasteiger partial charge on any atom is -0.496 e. The van der Waals surface area contributed by atoms with E-state index >= 15 is 0 Å². The van der Waals surface area contributed by atoms with Gasteiger partial charge in [-0.1, -0.05) is 11.6 Å². The Balaban J connectivity index is 2.10. The Bertz CT molecular complexity index is 949. The summed E-state index contributed by atoms with van der Waals surface area (Å²) in [5.41, 5.74) is 7.99. The van der Waals surface area contributed by atoms with Crippen molar-refractivity contribution in [3.63, 3.8) is 0 Å². The zero-order valence-electron chi connectivity index (χ0n) is 15.0. The molecule has 0 aromatic carbocycles. The molecule has 1 atom stereocenters. The highest BCUT2D eigenvalue weighted by Gasteiger charge is 2.40. The number of halogens is 1. The lowest BCUT2D eigenvalue weighted by atomic mass is 9.93. The summed E-state index contributed by atoms with van der Waals surface area (Å²) in [6.07, 6.45) is 1.67. The first-order chi connectivity index (χ1) is 12.7. The number of ketones is 1. The highest BCUT2D eigenvalue weighted by atomic mass is 35.5. The van der Waals surface area contributed by atoms with E-state index in [1.54, 1.807) is 18.2 Å². The molecule has 142 valence electrons. The predicted octanol–water partition coefficient (Wildman–Crippen LogP) is 1.64. The number of nitrogens with zero attached hydrogens (tertiary/aromatic N) is 4. The van der Waals surface area contributed by atoms with Crippen LogP contribution in [0.15, 0.2) is 6.20 Å². The topological polar surface area (TPSA) is 132 Å². The molecule has 0 radical (unpaired) electrons. The van der Waals surface area contributed by atoms with Gasteiger partial charge < -0.3 is 20.5 Å². The van der Waals surface area contributed by atoms with Crippen LogP contribution in [0, 0.1) is 19.8 Å². The molecule has 2 aromatic heterocycles. The summed E-state index contributed by atoms with van der Waals surface area (Å²) in [4.78, 5) is 38.1. The van der Waals surface area contributed by atoms with E-state index in [4.69, 9.17) is 22.1 Å². The van der Waals surface area contributed by atoms with E-state index in [1.165, 1.54) is 0 Å². The third kappa shape index (κ3) is 3.25. The summed E-state index contributed by atoms with van der Waals surface area (Å²) in [6.45, 7) is 3.87. The molecule has 27 heavy (non-hydrogen) atoms. The van der Waals surface area contributed by atoms with Gasteiger partial charge in [0.15, 0.2) is 5.78 Å². The molecule has 0 aliphatic carbocycles. The van der Waals surface area contributed by atoms with Crippen molar-refractivity contribution in [2.24, 2.45) is 5.92 Å². The molecule has 3 heterocycles. The molecular weight excluding hydrogens is 374 g/mol. The van der Waals surface area contributed by atoms with Gasteiger partial charge in [-0.3, -0.25) is 14.6 Å². The van der Waals surface area contributed by atoms with Crippen LogP contribution in [0.4, 0.5) is 11.8 Å². The number of ether oxygens (including phenoxy) is 1. The predicted molar refractivity (Wildman–Crippen MR) is 98.2 cm³/mol. The molecule has 0 spiro atoms. The number of aromatic nitrogens is 3. The number of nitrogen functional groups attached to an aromatic ring is 1. The molecule has 1 unspecified atom stereocenters. The zero-order chi connectivity index (χ0) is 19.9. The van der Waals surface area contributed by atoms with Crippen LogP contribution in [0.2, 0.25) is 5.15 Å². The second-order valence-electron chi connectivity index (χ2n) is 6.25. The quantitative estimate of drug-likeness (QED) is 0.589. The van der Waals surface area contributed by atoms with Crippen LogP contribution in [-0.4, -0.2) is 45.5 Å². The number of rotatable bonds is 4. The SMILES string of the molecule is COc1c(C)cnc(CN2CC(C(=O)O)C(=O)c3c(Cl)nc(N)nc32)c1C. The number of aryl methyl sites for hydroxylation is 1. The third-order valence-electron chi connectivity index (χ3n) is 4.52. The smallest absolute Gasteiger partial charge is 0.316 e. The van der Waals surface area contributed by atoms with Crippen molar-refractivity contribution < 1.29 is 19.4 Å². The van der Waals surface area contributed by atoms with Gasteiger partial charge in [-0.05, 0) is 13.8 Å². The van der Waals surface area contributed by atoms with Gasteiger partial charge in [-0.15, -0.1) is 0 Å². The van der Waals surface area contributed by atoms with Gasteiger partial charge in [0.2, 0.25) is 5.95 Å². The average molecular weight is 392 g/mol. The van der Waals surface area contributed by atoms with Gasteiger partial charge in [0, 0.05) is 23.9 Å². The van der Waals surface area contributed by atoms with Crippen molar-refractivity contribution in [3.05, 3.63) is 33.7 Å². The summed E-state index contributed by atoms with van der Waals surface area (Å²) in [7, 11) is 1.57. The van der Waals surface area contributed by atoms with Gasteiger partial charge in [0.05, 0.1) is 24.9 Å². The molecular formula is C17H18ClN5O4. The number of anilines is 2. The summed E-state index contributed by atoms with van der Waals surface area (Å²) >= 11 is 6.07. The molecule has 3 N–H and O–H groups in total. The first-order valence-corrected chi connectivity index (χ1v) is 8.46. The lowest BCUT2D eigenvalue weighted by Gasteiger charge is -2.32. The van der Waals surface area contributed by atoms with Gasteiger partial charge in [-0.2, -0.15) is 4.98 Å². The summed E-state index contributed by atoms with van der Waals surface area (Å²) in [6, 6.07) is 0. The van der Waals surface area contributed by atoms with Crippen molar-refractivity contribution in [2.75, 3.05) is 24.3 Å². The standard InChI is InChI=1S/C17H18ClN5O4/c1-7-4-20-10(8(2)13(7)27-3)6-23-5-9(16(25)26)12(24)11-14(18)21-17(19)22-15(11)23/h4,9H,5-6H2,1-3H3,(H,25,26)(H2,19,21,22). The fourth-order valence-corrected chi connectivity index (χ4v) is 3.45. The first kappa shape index (κ1) is 18.8. The fraction of sp³-hybridized carbons (Fsp3) is 0.353. The summed E-state index contributed by atoms with van der Waals surface area (Å²) in [5, 5.41) is 9.28. The Kier molecular flexibility index (Phi) is 4.88. The fourth-order valence-electron chi connectivity index (χ4n) is 3.18. The van der Waals surface area contributed by atoms with Gasteiger partial charge in [0.1, 0.15) is 22.6 Å². The Morgan fingerprint density at radius 2 is 2.15 bits per heavy atom. The number of carboxylic acid groups (broad SMARTS) is 1. The van der Waals surface area contributed by atoms with Crippen molar-refractivity contribution in [1.82, 2.24) is 15.0 Å². The third-order valence-corrected chi connectivity index (χ3v) is 4.79. The molecule has 10 heteroatoms. The number of nitrogens with two attached hydrogens (primary N) is 1. The maximum Gasteiger partial charge on any atom is 0.316 e. The molecule has 0 saturated heterocycles. The number of aliphatic carboxylic acids is 1. The molecule has 1 aliphatic rings. The maximum absolute atomic E-state index is 12.6. The van der Waals surface area contributed by atoms with E-state index < -0.39 is 17.7 Å². The number of carboxylic acids is 1. The number of carbonyl (C=O) groups is 2. The van der Waals surface area contributed by atoms with Crippen LogP contribution in [0.3, 0.4) is 0 Å². The normalized spacial score (nSPS) is 16.2. The monoisotopic (exact) mass is 391 g/mol. The van der Waals surface area contributed by atoms with Crippen molar-refractivity contribution in [2.45, 2.75) is 20.4 Å². The molecule has 2 aromatic rings. The Morgan fingerprint density at radius 3 is 2.78 bits per heavy atom. The number of methoxy groups -OCH3 is 1. The Morgan fingerprint density at radius 1 is 1.44 bits per heavy atom. The highest BCUT2D eigenvalue weighted by molar-refractivity contribution is 6.34. The van der Waals surface area contributed by atoms with Gasteiger partial charge in [0.25, 0.3) is 0 Å². The highest BCUT2D eigenvalue weighted by Crippen LogP contribution is 2.35. The maximum atomic E-state index is 12.6. The zero-order valence-corrected chi connectivity index (χ0v) is 15.7. The second kappa shape index (κ2) is 6.99. The van der Waals surface area contributed by atoms with E-state index in [0.717, 1.165) is 11.1 Å². The van der Waals surface area contributed by atoms with E-state index in [1.807, 2.05) is 13.8 Å². The molecule has 1 aliphatic heterocycles. The molecule has 0 fully saturated rings. The van der Waals surface area contributed by atoms with Gasteiger partial charge in [-0.25, -0.2) is 4.98 Å². The van der Waals surface area contributed by atoms with E-state index in [2.05, 4.69) is 15.0 Å². The lowest BCUT2D eigenvalue weighted by Crippen LogP contribution is -2.43. The minimum atomic E-state index is -1.28. The van der Waals surface area contributed by atoms with E-state index in [9.17, 15) is 14.7 Å². The largest absolute Gasteiger partial charge is 0.496 e.